The number of aromatic nitrogens is 2. The van der Waals surface area contributed by atoms with Crippen LogP contribution in [0.15, 0.2) is 41.4 Å². The standard InChI is InChI=1S/C35H45BrN6O4/c1-6-15-35(21-24-10-7-8-12-28(24)36)16-13-27-29(30(35)43)38-32(45-23-26-11-9-18-40(26)5)39-31(27)41-19-20-42(25(22-41)14-17-37)33(44)46-34(2,3)4/h6-8,10,12,25-26H,1,9,11,13-16,18-23H2,2-5H3/t25-,26-,35-/m0/s1. The van der Waals surface area contributed by atoms with Crippen LogP contribution in [0.3, 0.4) is 0 Å². The van der Waals surface area contributed by atoms with E-state index in [-0.39, 0.29) is 24.3 Å². The molecule has 0 bridgehead atoms. The number of hydrogen-bond donors (Lipinski definition) is 0. The number of fused-ring (bicyclic) bond motifs is 1. The smallest absolute Gasteiger partial charge is 0.410 e. The molecular weight excluding hydrogens is 648 g/mol. The van der Waals surface area contributed by atoms with E-state index in [0.29, 0.717) is 63.4 Å². The van der Waals surface area contributed by atoms with Crippen molar-refractivity contribution in [2.24, 2.45) is 5.41 Å². The summed E-state index contributed by atoms with van der Waals surface area (Å²) in [5, 5.41) is 9.67. The molecule has 1 amide bonds. The number of carbonyl (C=O) groups excluding carboxylic acids is 2. The lowest BCUT2D eigenvalue weighted by Crippen LogP contribution is -2.56. The summed E-state index contributed by atoms with van der Waals surface area (Å²) in [4.78, 5) is 43.5. The Labute approximate surface area is 280 Å². The molecule has 0 radical (unpaired) electrons. The summed E-state index contributed by atoms with van der Waals surface area (Å²) in [5.74, 6) is 0.616. The zero-order chi connectivity index (χ0) is 33.1. The summed E-state index contributed by atoms with van der Waals surface area (Å²) in [7, 11) is 2.09. The van der Waals surface area contributed by atoms with Crippen LogP contribution in [-0.4, -0.2) is 89.2 Å². The van der Waals surface area contributed by atoms with Crippen LogP contribution in [0.1, 0.15) is 74.5 Å². The molecule has 5 rings (SSSR count). The van der Waals surface area contributed by atoms with Crippen LogP contribution in [0, 0.1) is 16.7 Å². The lowest BCUT2D eigenvalue weighted by Gasteiger charge is -2.43. The van der Waals surface area contributed by atoms with E-state index in [0.717, 1.165) is 35.0 Å². The Morgan fingerprint density at radius 2 is 2.00 bits per heavy atom. The van der Waals surface area contributed by atoms with E-state index in [4.69, 9.17) is 19.4 Å². The molecule has 3 aliphatic rings. The number of benzene rings is 1. The van der Waals surface area contributed by atoms with E-state index in [9.17, 15) is 14.9 Å². The number of Topliss-reactive ketones (excluding diaryl/α,β-unsaturated/α-hetero) is 1. The van der Waals surface area contributed by atoms with E-state index in [1.54, 1.807) is 4.90 Å². The number of halogens is 1. The molecule has 11 heteroatoms. The molecule has 2 aromatic rings. The maximum absolute atomic E-state index is 14.6. The molecule has 0 unspecified atom stereocenters. The van der Waals surface area contributed by atoms with Gasteiger partial charge in [0.05, 0.1) is 18.5 Å². The molecule has 2 aliphatic heterocycles. The number of piperazine rings is 1. The predicted molar refractivity (Wildman–Crippen MR) is 180 cm³/mol. The van der Waals surface area contributed by atoms with Crippen LogP contribution < -0.4 is 9.64 Å². The van der Waals surface area contributed by atoms with Gasteiger partial charge in [0, 0.05) is 41.1 Å². The molecule has 0 spiro atoms. The van der Waals surface area contributed by atoms with Gasteiger partial charge in [0.1, 0.15) is 23.7 Å². The summed E-state index contributed by atoms with van der Waals surface area (Å²) in [6, 6.07) is 10.3. The number of likely N-dealkylation sites (tertiary alicyclic amines) is 1. The second kappa shape index (κ2) is 14.1. The van der Waals surface area contributed by atoms with Crippen molar-refractivity contribution in [3.8, 4) is 12.1 Å². The number of carbonyl (C=O) groups is 2. The van der Waals surface area contributed by atoms with Gasteiger partial charge in [-0.25, -0.2) is 4.79 Å². The van der Waals surface area contributed by atoms with Crippen LogP contribution in [0.5, 0.6) is 6.01 Å². The average molecular weight is 694 g/mol. The molecule has 1 aromatic heterocycles. The molecule has 0 saturated carbocycles. The topological polar surface area (TPSA) is 112 Å². The molecule has 10 nitrogen and oxygen atoms in total. The van der Waals surface area contributed by atoms with Crippen LogP contribution >= 0.6 is 15.9 Å². The highest BCUT2D eigenvalue weighted by Crippen LogP contribution is 2.44. The largest absolute Gasteiger partial charge is 0.462 e. The van der Waals surface area contributed by atoms with Crippen molar-refractivity contribution in [2.45, 2.75) is 83.4 Å². The minimum Gasteiger partial charge on any atom is -0.462 e. The van der Waals surface area contributed by atoms with Gasteiger partial charge in [-0.1, -0.05) is 40.2 Å². The highest BCUT2D eigenvalue weighted by Gasteiger charge is 2.45. The van der Waals surface area contributed by atoms with Gasteiger partial charge in [0.25, 0.3) is 0 Å². The highest BCUT2D eigenvalue weighted by molar-refractivity contribution is 9.10. The lowest BCUT2D eigenvalue weighted by atomic mass is 9.66. The SMILES string of the molecule is C=CC[C@@]1(Cc2ccccc2Br)CCc2c(nc(OC[C@@H]3CCCN3C)nc2N2CCN(C(=O)OC(C)(C)C)[C@@H](CC#N)C2)C1=O. The second-order valence-corrected chi connectivity index (χ2v) is 14.6. The van der Waals surface area contributed by atoms with Gasteiger partial charge in [-0.2, -0.15) is 15.2 Å². The summed E-state index contributed by atoms with van der Waals surface area (Å²) in [5.41, 5.74) is 0.903. The maximum Gasteiger partial charge on any atom is 0.410 e. The van der Waals surface area contributed by atoms with Crippen molar-refractivity contribution in [3.05, 3.63) is 58.2 Å². The highest BCUT2D eigenvalue weighted by atomic mass is 79.9. The van der Waals surface area contributed by atoms with Crippen molar-refractivity contribution in [1.82, 2.24) is 19.8 Å². The lowest BCUT2D eigenvalue weighted by molar-refractivity contribution is 0.0144. The number of allylic oxidation sites excluding steroid dienone is 1. The van der Waals surface area contributed by atoms with E-state index < -0.39 is 23.2 Å². The van der Waals surface area contributed by atoms with E-state index in [2.05, 4.69) is 51.5 Å². The number of anilines is 1. The minimum atomic E-state index is -0.702. The van der Waals surface area contributed by atoms with Gasteiger partial charge in [-0.05, 0) is 84.5 Å². The average Bonchev–Trinajstić information content (AvgIpc) is 3.42. The van der Waals surface area contributed by atoms with Crippen molar-refractivity contribution >= 4 is 33.6 Å². The molecule has 246 valence electrons. The fourth-order valence-electron chi connectivity index (χ4n) is 6.89. The Balaban J connectivity index is 1.51. The Kier molecular flexibility index (Phi) is 10.4. The number of ketones is 1. The third-order valence-corrected chi connectivity index (χ3v) is 10.1. The monoisotopic (exact) mass is 692 g/mol. The molecule has 46 heavy (non-hydrogen) atoms. The van der Waals surface area contributed by atoms with Crippen molar-refractivity contribution < 1.29 is 19.1 Å². The molecule has 1 aliphatic carbocycles. The quantitative estimate of drug-likeness (QED) is 0.293. The Hall–Kier alpha value is -3.49. The molecule has 0 N–H and O–H groups in total. The van der Waals surface area contributed by atoms with E-state index >= 15 is 0 Å². The number of amides is 1. The zero-order valence-corrected chi connectivity index (χ0v) is 29.0. The van der Waals surface area contributed by atoms with E-state index in [1.165, 1.54) is 0 Å². The van der Waals surface area contributed by atoms with Gasteiger partial charge < -0.3 is 24.2 Å². The summed E-state index contributed by atoms with van der Waals surface area (Å²) in [6.45, 7) is 12.2. The maximum atomic E-state index is 14.6. The first-order valence-corrected chi connectivity index (χ1v) is 17.0. The van der Waals surface area contributed by atoms with Gasteiger partial charge in [-0.3, -0.25) is 4.79 Å². The summed E-state index contributed by atoms with van der Waals surface area (Å²) < 4.78 is 12.9. The normalized spacial score (nSPS) is 23.5. The first-order chi connectivity index (χ1) is 21.9. The Bertz CT molecular complexity index is 1500. The summed E-state index contributed by atoms with van der Waals surface area (Å²) >= 11 is 3.68. The van der Waals surface area contributed by atoms with Crippen molar-refractivity contribution in [3.63, 3.8) is 0 Å². The number of rotatable bonds is 9. The van der Waals surface area contributed by atoms with Crippen molar-refractivity contribution in [1.29, 1.82) is 5.26 Å². The first kappa shape index (κ1) is 33.9. The molecule has 2 fully saturated rings. The number of nitrogens with zero attached hydrogens (tertiary/aromatic N) is 6. The third-order valence-electron chi connectivity index (χ3n) is 9.35. The predicted octanol–water partition coefficient (Wildman–Crippen LogP) is 5.99. The minimum absolute atomic E-state index is 0.0307. The van der Waals surface area contributed by atoms with Crippen LogP contribution in [0.2, 0.25) is 0 Å². The molecule has 1 aromatic carbocycles. The van der Waals surface area contributed by atoms with Crippen LogP contribution in [0.25, 0.3) is 0 Å². The van der Waals surface area contributed by atoms with Gasteiger partial charge >= 0.3 is 12.1 Å². The molecule has 3 atom stereocenters. The summed E-state index contributed by atoms with van der Waals surface area (Å²) in [6.07, 6.45) is 5.99. The zero-order valence-electron chi connectivity index (χ0n) is 27.4. The fourth-order valence-corrected chi connectivity index (χ4v) is 7.32. The van der Waals surface area contributed by atoms with Crippen LogP contribution in [-0.2, 0) is 17.6 Å². The molecule has 2 saturated heterocycles. The number of likely N-dealkylation sites (N-methyl/N-ethyl adjacent to an activating group) is 1. The number of ether oxygens (including phenoxy) is 2. The van der Waals surface area contributed by atoms with Gasteiger partial charge in [-0.15, -0.1) is 6.58 Å². The number of hydrogen-bond acceptors (Lipinski definition) is 9. The van der Waals surface area contributed by atoms with Gasteiger partial charge in [0.15, 0.2) is 5.78 Å². The molecule has 3 heterocycles. The van der Waals surface area contributed by atoms with Gasteiger partial charge in [0.2, 0.25) is 0 Å². The first-order valence-electron chi connectivity index (χ1n) is 16.2. The van der Waals surface area contributed by atoms with Crippen molar-refractivity contribution in [2.75, 3.05) is 44.7 Å². The fraction of sp³-hybridized carbons (Fsp3) is 0.571. The number of nitriles is 1. The van der Waals surface area contributed by atoms with E-state index in [1.807, 2.05) is 45.0 Å². The Morgan fingerprint density at radius 1 is 1.22 bits per heavy atom. The molecular formula is C35H45BrN6O4. The third kappa shape index (κ3) is 7.39. The van der Waals surface area contributed by atoms with Crippen LogP contribution in [0.4, 0.5) is 10.6 Å². The second-order valence-electron chi connectivity index (χ2n) is 13.8. The Morgan fingerprint density at radius 3 is 2.67 bits per heavy atom.